The van der Waals surface area contributed by atoms with Crippen LogP contribution in [-0.2, 0) is 14.3 Å². The standard InChI is InChI=1S/C19H18FNO5/c1-12-3-6-14(10-15(12)20)21-18(23)11-26-19(24)8-5-13-4-7-16(22)17(9-13)25-2/h3-10,22H,11H2,1-2H3,(H,21,23)/b8-5+. The quantitative estimate of drug-likeness (QED) is 0.612. The second kappa shape index (κ2) is 8.66. The van der Waals surface area contributed by atoms with E-state index in [9.17, 15) is 19.1 Å². The van der Waals surface area contributed by atoms with Crippen molar-refractivity contribution in [2.24, 2.45) is 0 Å². The number of aromatic hydroxyl groups is 1. The van der Waals surface area contributed by atoms with Crippen LogP contribution in [0.4, 0.5) is 10.1 Å². The average molecular weight is 359 g/mol. The van der Waals surface area contributed by atoms with Gasteiger partial charge in [-0.1, -0.05) is 12.1 Å². The van der Waals surface area contributed by atoms with Crippen molar-refractivity contribution in [1.29, 1.82) is 0 Å². The van der Waals surface area contributed by atoms with Crippen molar-refractivity contribution in [2.75, 3.05) is 19.0 Å². The van der Waals surface area contributed by atoms with Gasteiger partial charge in [-0.15, -0.1) is 0 Å². The Morgan fingerprint density at radius 1 is 1.23 bits per heavy atom. The Bertz CT molecular complexity index is 848. The van der Waals surface area contributed by atoms with Gasteiger partial charge in [0.2, 0.25) is 0 Å². The minimum absolute atomic E-state index is 0.0172. The molecule has 136 valence electrons. The van der Waals surface area contributed by atoms with Gasteiger partial charge in [0, 0.05) is 11.8 Å². The highest BCUT2D eigenvalue weighted by molar-refractivity contribution is 5.94. The van der Waals surface area contributed by atoms with Crippen molar-refractivity contribution in [3.63, 3.8) is 0 Å². The summed E-state index contributed by atoms with van der Waals surface area (Å²) in [6.45, 7) is 1.11. The Kier molecular flexibility index (Phi) is 6.32. The van der Waals surface area contributed by atoms with Crippen LogP contribution in [0.5, 0.6) is 11.5 Å². The number of carbonyl (C=O) groups excluding carboxylic acids is 2. The first kappa shape index (κ1) is 19.0. The van der Waals surface area contributed by atoms with Gasteiger partial charge in [-0.25, -0.2) is 9.18 Å². The average Bonchev–Trinajstić information content (AvgIpc) is 2.62. The maximum Gasteiger partial charge on any atom is 0.331 e. The Morgan fingerprint density at radius 2 is 2.00 bits per heavy atom. The molecule has 0 fully saturated rings. The van der Waals surface area contributed by atoms with Gasteiger partial charge >= 0.3 is 5.97 Å². The molecule has 2 N–H and O–H groups in total. The number of esters is 1. The van der Waals surface area contributed by atoms with Gasteiger partial charge in [0.1, 0.15) is 5.82 Å². The number of anilines is 1. The monoisotopic (exact) mass is 359 g/mol. The van der Waals surface area contributed by atoms with E-state index in [1.54, 1.807) is 19.1 Å². The molecule has 6 nitrogen and oxygen atoms in total. The van der Waals surface area contributed by atoms with Crippen molar-refractivity contribution in [3.8, 4) is 11.5 Å². The first-order valence-electron chi connectivity index (χ1n) is 7.67. The van der Waals surface area contributed by atoms with Gasteiger partial charge in [-0.3, -0.25) is 4.79 Å². The third-order valence-corrected chi connectivity index (χ3v) is 3.42. The lowest BCUT2D eigenvalue weighted by atomic mass is 10.2. The molecule has 0 aliphatic rings. The van der Waals surface area contributed by atoms with Crippen LogP contribution >= 0.6 is 0 Å². The zero-order valence-corrected chi connectivity index (χ0v) is 14.3. The van der Waals surface area contributed by atoms with Gasteiger partial charge in [0.15, 0.2) is 18.1 Å². The summed E-state index contributed by atoms with van der Waals surface area (Å²) < 4.78 is 23.2. The Labute approximate surface area is 149 Å². The topological polar surface area (TPSA) is 84.9 Å². The number of rotatable bonds is 6. The van der Waals surface area contributed by atoms with Crippen molar-refractivity contribution in [2.45, 2.75) is 6.92 Å². The molecule has 0 spiro atoms. The van der Waals surface area contributed by atoms with Gasteiger partial charge < -0.3 is 19.9 Å². The smallest absolute Gasteiger partial charge is 0.331 e. The maximum absolute atomic E-state index is 13.4. The van der Waals surface area contributed by atoms with Crippen molar-refractivity contribution in [3.05, 3.63) is 59.4 Å². The predicted molar refractivity (Wildman–Crippen MR) is 94.4 cm³/mol. The molecule has 0 aliphatic heterocycles. The van der Waals surface area contributed by atoms with E-state index in [1.165, 1.54) is 37.5 Å². The van der Waals surface area contributed by atoms with Gasteiger partial charge in [0.05, 0.1) is 7.11 Å². The lowest BCUT2D eigenvalue weighted by molar-refractivity contribution is -0.142. The van der Waals surface area contributed by atoms with Crippen molar-refractivity contribution >= 4 is 23.6 Å². The highest BCUT2D eigenvalue weighted by Crippen LogP contribution is 2.26. The van der Waals surface area contributed by atoms with Crippen molar-refractivity contribution in [1.82, 2.24) is 0 Å². The van der Waals surface area contributed by atoms with Crippen LogP contribution in [0, 0.1) is 12.7 Å². The first-order valence-corrected chi connectivity index (χ1v) is 7.67. The van der Waals surface area contributed by atoms with E-state index in [4.69, 9.17) is 9.47 Å². The summed E-state index contributed by atoms with van der Waals surface area (Å²) in [5.74, 6) is -1.49. The molecular weight excluding hydrogens is 341 g/mol. The first-order chi connectivity index (χ1) is 12.4. The summed E-state index contributed by atoms with van der Waals surface area (Å²) in [7, 11) is 1.41. The molecule has 2 aromatic rings. The molecule has 0 unspecified atom stereocenters. The van der Waals surface area contributed by atoms with Gasteiger partial charge in [-0.2, -0.15) is 0 Å². The minimum atomic E-state index is -0.720. The number of ether oxygens (including phenoxy) is 2. The molecule has 0 bridgehead atoms. The number of nitrogens with one attached hydrogen (secondary N) is 1. The molecule has 0 radical (unpaired) electrons. The Hall–Kier alpha value is -3.35. The number of benzene rings is 2. The number of phenolic OH excluding ortho intramolecular Hbond substituents is 1. The highest BCUT2D eigenvalue weighted by atomic mass is 19.1. The lowest BCUT2D eigenvalue weighted by Crippen LogP contribution is -2.20. The fourth-order valence-electron chi connectivity index (χ4n) is 2.01. The van der Waals surface area contributed by atoms with Gasteiger partial charge in [0.25, 0.3) is 5.91 Å². The Morgan fingerprint density at radius 3 is 2.69 bits per heavy atom. The van der Waals surface area contributed by atoms with E-state index in [0.29, 0.717) is 11.1 Å². The number of carbonyl (C=O) groups is 2. The molecule has 2 rings (SSSR count). The molecule has 26 heavy (non-hydrogen) atoms. The number of halogens is 1. The number of hydrogen-bond acceptors (Lipinski definition) is 5. The maximum atomic E-state index is 13.4. The summed E-state index contributed by atoms with van der Waals surface area (Å²) in [5.41, 5.74) is 1.35. The largest absolute Gasteiger partial charge is 0.504 e. The van der Waals surface area contributed by atoms with Gasteiger partial charge in [-0.05, 0) is 48.4 Å². The van der Waals surface area contributed by atoms with E-state index in [1.807, 2.05) is 0 Å². The fourth-order valence-corrected chi connectivity index (χ4v) is 2.01. The molecule has 0 saturated heterocycles. The van der Waals surface area contributed by atoms with Crippen molar-refractivity contribution < 1.29 is 28.6 Å². The molecule has 0 aliphatic carbocycles. The second-order valence-corrected chi connectivity index (χ2v) is 5.38. The number of hydrogen-bond donors (Lipinski definition) is 2. The van der Waals surface area contributed by atoms with E-state index in [2.05, 4.69) is 5.32 Å². The molecule has 0 heterocycles. The van der Waals surface area contributed by atoms with E-state index in [-0.39, 0.29) is 17.2 Å². The van der Waals surface area contributed by atoms with Crippen LogP contribution in [0.2, 0.25) is 0 Å². The molecule has 2 aromatic carbocycles. The predicted octanol–water partition coefficient (Wildman–Crippen LogP) is 3.04. The van der Waals surface area contributed by atoms with Crippen LogP contribution in [0.3, 0.4) is 0 Å². The third kappa shape index (κ3) is 5.34. The third-order valence-electron chi connectivity index (χ3n) is 3.42. The number of methoxy groups -OCH3 is 1. The number of aryl methyl sites for hydroxylation is 1. The Balaban J connectivity index is 1.85. The number of amides is 1. The molecule has 0 saturated carbocycles. The minimum Gasteiger partial charge on any atom is -0.504 e. The normalized spacial score (nSPS) is 10.6. The molecule has 0 aromatic heterocycles. The van der Waals surface area contributed by atoms with Crippen LogP contribution in [0.15, 0.2) is 42.5 Å². The van der Waals surface area contributed by atoms with Crippen LogP contribution in [-0.4, -0.2) is 30.7 Å². The summed E-state index contributed by atoms with van der Waals surface area (Å²) in [6.07, 6.45) is 2.60. The zero-order chi connectivity index (χ0) is 19.1. The summed E-state index contributed by atoms with van der Waals surface area (Å²) in [4.78, 5) is 23.4. The lowest BCUT2D eigenvalue weighted by Gasteiger charge is -2.06. The van der Waals surface area contributed by atoms with Crippen LogP contribution < -0.4 is 10.1 Å². The fraction of sp³-hybridized carbons (Fsp3) is 0.158. The van der Waals surface area contributed by atoms with E-state index in [0.717, 1.165) is 6.08 Å². The highest BCUT2D eigenvalue weighted by Gasteiger charge is 2.07. The van der Waals surface area contributed by atoms with Crippen LogP contribution in [0.25, 0.3) is 6.08 Å². The number of phenols is 1. The summed E-state index contributed by atoms with van der Waals surface area (Å²) in [5, 5.41) is 11.9. The molecule has 1 amide bonds. The molecule has 0 atom stereocenters. The SMILES string of the molecule is COc1cc(/C=C/C(=O)OCC(=O)Nc2ccc(C)c(F)c2)ccc1O. The van der Waals surface area contributed by atoms with E-state index < -0.39 is 24.3 Å². The molecule has 7 heteroatoms. The summed E-state index contributed by atoms with van der Waals surface area (Å²) >= 11 is 0. The summed E-state index contributed by atoms with van der Waals surface area (Å²) in [6, 6.07) is 8.82. The van der Waals surface area contributed by atoms with Crippen LogP contribution in [0.1, 0.15) is 11.1 Å². The van der Waals surface area contributed by atoms with E-state index >= 15 is 0 Å². The second-order valence-electron chi connectivity index (χ2n) is 5.38. The zero-order valence-electron chi connectivity index (χ0n) is 14.3. The molecular formula is C19H18FNO5.